The van der Waals surface area contributed by atoms with Gasteiger partial charge in [-0.2, -0.15) is 20.2 Å². The molecule has 1 saturated heterocycles. The molecule has 1 heterocycles. The molecule has 1 aliphatic heterocycles. The van der Waals surface area contributed by atoms with Crippen LogP contribution in [0.15, 0.2) is 0 Å². The first-order valence-electron chi connectivity index (χ1n) is 11.2. The molecule has 1 rings (SSSR count). The lowest BCUT2D eigenvalue weighted by Crippen LogP contribution is -2.47. The van der Waals surface area contributed by atoms with Gasteiger partial charge in [-0.25, -0.2) is 0 Å². The van der Waals surface area contributed by atoms with Gasteiger partial charge in [0, 0.05) is 42.9 Å². The summed E-state index contributed by atoms with van der Waals surface area (Å²) in [5.74, 6) is 0.691. The third kappa shape index (κ3) is 12.1. The number of unbranched alkanes of at least 4 members (excludes halogenated alkanes) is 1. The van der Waals surface area contributed by atoms with Crippen LogP contribution in [0.25, 0.3) is 0 Å². The van der Waals surface area contributed by atoms with Crippen molar-refractivity contribution in [2.45, 2.75) is 69.2 Å². The molecule has 4 atom stereocenters. The minimum atomic E-state index is -3.92. The van der Waals surface area contributed by atoms with Crippen LogP contribution in [0.1, 0.15) is 51.9 Å². The van der Waals surface area contributed by atoms with Crippen LogP contribution in [0.2, 0.25) is 0 Å². The van der Waals surface area contributed by atoms with Crippen molar-refractivity contribution in [1.29, 1.82) is 0 Å². The molecule has 11 heteroatoms. The minimum Gasteiger partial charge on any atom is -0.356 e. The van der Waals surface area contributed by atoms with E-state index in [9.17, 15) is 18.0 Å². The first-order valence-corrected chi connectivity index (χ1v) is 13.9. The van der Waals surface area contributed by atoms with E-state index in [0.29, 0.717) is 37.6 Å². The Hall–Kier alpha value is -0.880. The molecular formula is C20H41N4O5S2+. The molecule has 0 aromatic carbocycles. The van der Waals surface area contributed by atoms with Crippen molar-refractivity contribution in [3.05, 3.63) is 0 Å². The normalized spacial score (nSPS) is 23.3. The number of nitrogens with zero attached hydrogens (tertiary/aromatic N) is 1. The van der Waals surface area contributed by atoms with Crippen LogP contribution in [0, 0.1) is 0 Å². The van der Waals surface area contributed by atoms with Crippen molar-refractivity contribution in [3.8, 4) is 0 Å². The molecule has 1 aliphatic rings. The Labute approximate surface area is 191 Å². The molecule has 182 valence electrons. The first-order chi connectivity index (χ1) is 14.6. The van der Waals surface area contributed by atoms with Crippen LogP contribution in [0.3, 0.4) is 0 Å². The van der Waals surface area contributed by atoms with Gasteiger partial charge < -0.3 is 20.9 Å². The Balaban J connectivity index is 2.17. The quantitative estimate of drug-likeness (QED) is 0.104. The summed E-state index contributed by atoms with van der Waals surface area (Å²) in [6, 6.07) is 0.0118. The van der Waals surface area contributed by atoms with Gasteiger partial charge in [0.1, 0.15) is 0 Å². The highest BCUT2D eigenvalue weighted by Gasteiger charge is 2.33. The van der Waals surface area contributed by atoms with Gasteiger partial charge in [-0.1, -0.05) is 13.3 Å². The van der Waals surface area contributed by atoms with Gasteiger partial charge in [0.05, 0.1) is 38.5 Å². The van der Waals surface area contributed by atoms with Crippen LogP contribution in [-0.2, 0) is 19.7 Å². The number of hydrogen-bond donors (Lipinski definition) is 4. The molecule has 0 bridgehead atoms. The summed E-state index contributed by atoms with van der Waals surface area (Å²) in [7, 11) is -1.82. The van der Waals surface area contributed by atoms with Crippen LogP contribution in [-0.4, -0.2) is 91.8 Å². The standard InChI is InChI=1S/C20H40N4O5S2/c1-3-11-24(2,13-7-14-31(27,28)29)12-6-10-22-19(26)9-5-4-8-18-20(21)17(15-30-18)23-16-25/h16-18,20H,3-15,21H2,1-2H3,(H2-,22,23,25,26,27,28,29)/p+1. The molecule has 0 radical (unpaired) electrons. The SMILES string of the molecule is CCC[N+](C)(CCCNC(=O)CCCCC1SCC(NC=O)C1N)CCCS(=O)(=O)O. The number of thioether (sulfide) groups is 1. The maximum atomic E-state index is 12.1. The van der Waals surface area contributed by atoms with E-state index in [1.807, 2.05) is 0 Å². The van der Waals surface area contributed by atoms with Crippen LogP contribution < -0.4 is 16.4 Å². The molecular weight excluding hydrogens is 440 g/mol. The first kappa shape index (κ1) is 28.2. The van der Waals surface area contributed by atoms with Gasteiger partial charge >= 0.3 is 0 Å². The van der Waals surface area contributed by atoms with E-state index >= 15 is 0 Å². The second-order valence-electron chi connectivity index (χ2n) is 8.72. The molecule has 9 nitrogen and oxygen atoms in total. The second kappa shape index (κ2) is 14.3. The molecule has 4 unspecified atom stereocenters. The lowest BCUT2D eigenvalue weighted by molar-refractivity contribution is -0.909. The Morgan fingerprint density at radius 3 is 2.58 bits per heavy atom. The van der Waals surface area contributed by atoms with Gasteiger partial charge in [0.2, 0.25) is 12.3 Å². The zero-order valence-electron chi connectivity index (χ0n) is 18.9. The fraction of sp³-hybridized carbons (Fsp3) is 0.900. The van der Waals surface area contributed by atoms with E-state index in [2.05, 4.69) is 24.6 Å². The summed E-state index contributed by atoms with van der Waals surface area (Å²) in [6.07, 6.45) is 6.16. The number of nitrogens with one attached hydrogen (secondary N) is 2. The van der Waals surface area contributed by atoms with Crippen molar-refractivity contribution < 1.29 is 27.0 Å². The van der Waals surface area contributed by atoms with Gasteiger partial charge in [0.15, 0.2) is 0 Å². The highest BCUT2D eigenvalue weighted by molar-refractivity contribution is 8.00. The summed E-state index contributed by atoms with van der Waals surface area (Å²) in [5, 5.41) is 6.07. The molecule has 5 N–H and O–H groups in total. The van der Waals surface area contributed by atoms with E-state index in [0.717, 1.165) is 55.4 Å². The predicted molar refractivity (Wildman–Crippen MR) is 125 cm³/mol. The maximum absolute atomic E-state index is 12.1. The Morgan fingerprint density at radius 2 is 1.94 bits per heavy atom. The van der Waals surface area contributed by atoms with Gasteiger partial charge in [0.25, 0.3) is 10.1 Å². The highest BCUT2D eigenvalue weighted by atomic mass is 32.2. The molecule has 0 aliphatic carbocycles. The third-order valence-electron chi connectivity index (χ3n) is 5.87. The van der Waals surface area contributed by atoms with Crippen molar-refractivity contribution in [2.75, 3.05) is 44.7 Å². The van der Waals surface area contributed by atoms with E-state index in [-0.39, 0.29) is 23.7 Å². The van der Waals surface area contributed by atoms with E-state index in [1.54, 1.807) is 11.8 Å². The number of quaternary nitrogens is 1. The minimum absolute atomic E-state index is 0.0305. The Bertz CT molecular complexity index is 649. The molecule has 0 saturated carbocycles. The zero-order valence-corrected chi connectivity index (χ0v) is 20.6. The van der Waals surface area contributed by atoms with Crippen LogP contribution >= 0.6 is 11.8 Å². The smallest absolute Gasteiger partial charge is 0.265 e. The average molecular weight is 482 g/mol. The summed E-state index contributed by atoms with van der Waals surface area (Å²) < 4.78 is 31.5. The largest absolute Gasteiger partial charge is 0.356 e. The number of carbonyl (C=O) groups excluding carboxylic acids is 2. The predicted octanol–water partition coefficient (Wildman–Crippen LogP) is 0.745. The number of hydrogen-bond acceptors (Lipinski definition) is 6. The molecule has 1 fully saturated rings. The van der Waals surface area contributed by atoms with Crippen LogP contribution in [0.5, 0.6) is 0 Å². The number of rotatable bonds is 17. The fourth-order valence-electron chi connectivity index (χ4n) is 4.14. The average Bonchev–Trinajstić information content (AvgIpc) is 3.02. The van der Waals surface area contributed by atoms with Crippen LogP contribution in [0.4, 0.5) is 0 Å². The molecule has 0 spiro atoms. The van der Waals surface area contributed by atoms with Gasteiger partial charge in [-0.3, -0.25) is 14.1 Å². The summed E-state index contributed by atoms with van der Waals surface area (Å²) >= 11 is 1.79. The lowest BCUT2D eigenvalue weighted by atomic mass is 10.0. The number of nitrogens with two attached hydrogens (primary N) is 1. The van der Waals surface area contributed by atoms with Crippen molar-refractivity contribution >= 4 is 34.2 Å². The van der Waals surface area contributed by atoms with Gasteiger partial charge in [-0.15, -0.1) is 0 Å². The zero-order chi connectivity index (χ0) is 23.3. The van der Waals surface area contributed by atoms with Crippen molar-refractivity contribution in [3.63, 3.8) is 0 Å². The fourth-order valence-corrected chi connectivity index (χ4v) is 6.16. The van der Waals surface area contributed by atoms with E-state index < -0.39 is 10.1 Å². The molecule has 0 aromatic heterocycles. The highest BCUT2D eigenvalue weighted by Crippen LogP contribution is 2.29. The van der Waals surface area contributed by atoms with Gasteiger partial charge in [-0.05, 0) is 19.3 Å². The molecule has 0 aromatic rings. The molecule has 31 heavy (non-hydrogen) atoms. The van der Waals surface area contributed by atoms with E-state index in [4.69, 9.17) is 10.3 Å². The lowest BCUT2D eigenvalue weighted by Gasteiger charge is -2.34. The van der Waals surface area contributed by atoms with Crippen molar-refractivity contribution in [1.82, 2.24) is 10.6 Å². The topological polar surface area (TPSA) is 139 Å². The Kier molecular flexibility index (Phi) is 13.0. The Morgan fingerprint density at radius 1 is 1.23 bits per heavy atom. The summed E-state index contributed by atoms with van der Waals surface area (Å²) in [6.45, 7) is 5.18. The number of amides is 2. The van der Waals surface area contributed by atoms with Crippen molar-refractivity contribution in [2.24, 2.45) is 5.73 Å². The summed E-state index contributed by atoms with van der Waals surface area (Å²) in [4.78, 5) is 22.7. The maximum Gasteiger partial charge on any atom is 0.265 e. The third-order valence-corrected chi connectivity index (χ3v) is 8.20. The molecule has 2 amide bonds. The second-order valence-corrected chi connectivity index (χ2v) is 11.6. The number of carbonyl (C=O) groups is 2. The summed E-state index contributed by atoms with van der Waals surface area (Å²) in [5.41, 5.74) is 6.18. The monoisotopic (exact) mass is 481 g/mol. The van der Waals surface area contributed by atoms with E-state index in [1.165, 1.54) is 0 Å².